The van der Waals surface area contributed by atoms with Crippen LogP contribution >= 0.6 is 23.4 Å². The van der Waals surface area contributed by atoms with Crippen LogP contribution in [0.2, 0.25) is 0 Å². The maximum absolute atomic E-state index is 12.6. The van der Waals surface area contributed by atoms with Crippen LogP contribution in [0.25, 0.3) is 0 Å². The number of aryl methyl sites for hydroxylation is 1. The molecule has 0 saturated heterocycles. The lowest BCUT2D eigenvalue weighted by molar-refractivity contribution is 0.383. The van der Waals surface area contributed by atoms with Gasteiger partial charge in [-0.15, -0.1) is 11.6 Å². The molecule has 1 heterocycles. The molecule has 5 nitrogen and oxygen atoms in total. The minimum absolute atomic E-state index is 0.0415. The van der Waals surface area contributed by atoms with Gasteiger partial charge >= 0.3 is 0 Å². The summed E-state index contributed by atoms with van der Waals surface area (Å²) in [6.07, 6.45) is 2.72. The second-order valence-corrected chi connectivity index (χ2v) is 7.40. The largest absolute Gasteiger partial charge is 0.281 e. The van der Waals surface area contributed by atoms with E-state index in [1.807, 2.05) is 13.2 Å². The summed E-state index contributed by atoms with van der Waals surface area (Å²) in [6.45, 7) is 3.74. The van der Waals surface area contributed by atoms with Crippen molar-refractivity contribution in [2.75, 3.05) is 19.1 Å². The van der Waals surface area contributed by atoms with Gasteiger partial charge in [-0.05, 0) is 19.6 Å². The number of halogens is 1. The Morgan fingerprint density at radius 2 is 2.16 bits per heavy atom. The van der Waals surface area contributed by atoms with Crippen molar-refractivity contribution in [2.45, 2.75) is 37.2 Å². The van der Waals surface area contributed by atoms with Gasteiger partial charge in [-0.1, -0.05) is 6.92 Å². The molecule has 0 bridgehead atoms. The second-order valence-electron chi connectivity index (χ2n) is 4.30. The van der Waals surface area contributed by atoms with E-state index in [4.69, 9.17) is 11.6 Å². The fraction of sp³-hybridized carbons (Fsp3) is 0.727. The van der Waals surface area contributed by atoms with E-state index in [0.29, 0.717) is 11.3 Å². The maximum atomic E-state index is 12.6. The van der Waals surface area contributed by atoms with Crippen LogP contribution < -0.4 is 0 Å². The molecule has 0 radical (unpaired) electrons. The molecule has 0 saturated carbocycles. The first kappa shape index (κ1) is 16.8. The van der Waals surface area contributed by atoms with E-state index in [-0.39, 0.29) is 16.9 Å². The SMILES string of the molecule is CCC(CSC)N(C)S(=O)(=O)c1n[nH]c(C)c1CCl. The number of aromatic nitrogens is 2. The smallest absolute Gasteiger partial charge is 0.262 e. The van der Waals surface area contributed by atoms with Crippen LogP contribution in [-0.2, 0) is 15.9 Å². The van der Waals surface area contributed by atoms with Gasteiger partial charge < -0.3 is 0 Å². The highest BCUT2D eigenvalue weighted by Gasteiger charge is 2.31. The monoisotopic (exact) mass is 325 g/mol. The van der Waals surface area contributed by atoms with E-state index in [9.17, 15) is 8.42 Å². The van der Waals surface area contributed by atoms with E-state index in [1.165, 1.54) is 4.31 Å². The van der Waals surface area contributed by atoms with Crippen LogP contribution in [0.5, 0.6) is 0 Å². The molecule has 1 atom stereocenters. The van der Waals surface area contributed by atoms with Crippen molar-refractivity contribution in [1.82, 2.24) is 14.5 Å². The predicted molar refractivity (Wildman–Crippen MR) is 80.3 cm³/mol. The molecule has 8 heteroatoms. The van der Waals surface area contributed by atoms with Gasteiger partial charge in [-0.3, -0.25) is 5.10 Å². The van der Waals surface area contributed by atoms with E-state index in [2.05, 4.69) is 10.2 Å². The van der Waals surface area contributed by atoms with Crippen molar-refractivity contribution in [1.29, 1.82) is 0 Å². The van der Waals surface area contributed by atoms with Crippen molar-refractivity contribution in [2.24, 2.45) is 0 Å². The van der Waals surface area contributed by atoms with Gasteiger partial charge in [0, 0.05) is 30.1 Å². The van der Waals surface area contributed by atoms with Crippen molar-refractivity contribution >= 4 is 33.4 Å². The molecular formula is C11H20ClN3O2S2. The van der Waals surface area contributed by atoms with E-state index >= 15 is 0 Å². The van der Waals surface area contributed by atoms with Gasteiger partial charge in [0.2, 0.25) is 0 Å². The first-order valence-corrected chi connectivity index (χ1v) is 9.33. The second kappa shape index (κ2) is 6.97. The van der Waals surface area contributed by atoms with E-state index in [1.54, 1.807) is 25.7 Å². The van der Waals surface area contributed by atoms with Crippen LogP contribution in [0, 0.1) is 6.92 Å². The molecule has 0 aliphatic heterocycles. The zero-order valence-corrected chi connectivity index (χ0v) is 14.0. The lowest BCUT2D eigenvalue weighted by Gasteiger charge is -2.25. The predicted octanol–water partition coefficient (Wildman–Crippen LogP) is 2.22. The molecule has 0 spiro atoms. The minimum Gasteiger partial charge on any atom is -0.281 e. The number of nitrogens with zero attached hydrogens (tertiary/aromatic N) is 2. The summed E-state index contributed by atoms with van der Waals surface area (Å²) in [5.41, 5.74) is 1.24. The lowest BCUT2D eigenvalue weighted by atomic mass is 10.3. The third-order valence-corrected chi connectivity index (χ3v) is 6.01. The summed E-state index contributed by atoms with van der Waals surface area (Å²) in [7, 11) is -2.00. The number of aromatic amines is 1. The molecule has 0 fully saturated rings. The topological polar surface area (TPSA) is 66.1 Å². The van der Waals surface area contributed by atoms with Gasteiger partial charge in [0.05, 0.1) is 5.88 Å². The van der Waals surface area contributed by atoms with Gasteiger partial charge in [0.15, 0.2) is 5.03 Å². The molecule has 19 heavy (non-hydrogen) atoms. The average molecular weight is 326 g/mol. The standard InChI is InChI=1S/C11H20ClN3O2S2/c1-5-9(7-18-4)15(3)19(16,17)11-10(6-12)8(2)13-14-11/h9H,5-7H2,1-4H3,(H,13,14). The number of hydrogen-bond donors (Lipinski definition) is 1. The van der Waals surface area contributed by atoms with Crippen LogP contribution in [0.1, 0.15) is 24.6 Å². The minimum atomic E-state index is -3.60. The van der Waals surface area contributed by atoms with Gasteiger partial charge in [0.1, 0.15) is 0 Å². The quantitative estimate of drug-likeness (QED) is 0.781. The molecule has 0 aliphatic rings. The molecule has 1 unspecified atom stereocenters. The van der Waals surface area contributed by atoms with E-state index < -0.39 is 10.0 Å². The fourth-order valence-corrected chi connectivity index (χ4v) is 4.74. The van der Waals surface area contributed by atoms with Crippen LogP contribution in [-0.4, -0.2) is 48.0 Å². The Balaban J connectivity index is 3.15. The highest BCUT2D eigenvalue weighted by atomic mass is 35.5. The number of alkyl halides is 1. The number of nitrogens with one attached hydrogen (secondary N) is 1. The van der Waals surface area contributed by atoms with Gasteiger partial charge in [0.25, 0.3) is 10.0 Å². The van der Waals surface area contributed by atoms with Crippen molar-refractivity contribution in [3.05, 3.63) is 11.3 Å². The van der Waals surface area contributed by atoms with Crippen LogP contribution in [0.15, 0.2) is 5.03 Å². The zero-order valence-electron chi connectivity index (χ0n) is 11.6. The Kier molecular flexibility index (Phi) is 6.16. The molecular weight excluding hydrogens is 306 g/mol. The van der Waals surface area contributed by atoms with E-state index in [0.717, 1.165) is 12.2 Å². The lowest BCUT2D eigenvalue weighted by Crippen LogP contribution is -2.38. The van der Waals surface area contributed by atoms with Gasteiger partial charge in [-0.25, -0.2) is 8.42 Å². The number of thioether (sulfide) groups is 1. The van der Waals surface area contributed by atoms with Gasteiger partial charge in [-0.2, -0.15) is 21.2 Å². The maximum Gasteiger partial charge on any atom is 0.262 e. The molecule has 1 aromatic heterocycles. The molecule has 1 rings (SSSR count). The van der Waals surface area contributed by atoms with Crippen molar-refractivity contribution in [3.63, 3.8) is 0 Å². The molecule has 110 valence electrons. The summed E-state index contributed by atoms with van der Waals surface area (Å²) in [5.74, 6) is 0.885. The molecule has 1 N–H and O–H groups in total. The van der Waals surface area contributed by atoms with Crippen LogP contribution in [0.4, 0.5) is 0 Å². The number of sulfonamides is 1. The summed E-state index contributed by atoms with van der Waals surface area (Å²) >= 11 is 7.45. The first-order valence-electron chi connectivity index (χ1n) is 5.96. The highest BCUT2D eigenvalue weighted by Crippen LogP contribution is 2.24. The Hall–Kier alpha value is -0.240. The third-order valence-electron chi connectivity index (χ3n) is 3.14. The molecule has 1 aromatic rings. The third kappa shape index (κ3) is 3.45. The molecule has 0 aliphatic carbocycles. The number of rotatable bonds is 7. The zero-order chi connectivity index (χ0) is 14.6. The summed E-state index contributed by atoms with van der Waals surface area (Å²) in [6, 6.07) is -0.0415. The summed E-state index contributed by atoms with van der Waals surface area (Å²) < 4.78 is 26.5. The molecule has 0 aromatic carbocycles. The average Bonchev–Trinajstić information content (AvgIpc) is 2.76. The number of hydrogen-bond acceptors (Lipinski definition) is 4. The highest BCUT2D eigenvalue weighted by molar-refractivity contribution is 7.98. The van der Waals surface area contributed by atoms with Crippen molar-refractivity contribution in [3.8, 4) is 0 Å². The Morgan fingerprint density at radius 3 is 2.63 bits per heavy atom. The first-order chi connectivity index (χ1) is 8.89. The summed E-state index contributed by atoms with van der Waals surface area (Å²) in [4.78, 5) is 0. The fourth-order valence-electron chi connectivity index (χ4n) is 1.81. The normalized spacial score (nSPS) is 14.0. The Labute approximate surface area is 124 Å². The van der Waals surface area contributed by atoms with Crippen LogP contribution in [0.3, 0.4) is 0 Å². The number of H-pyrrole nitrogens is 1. The Bertz CT molecular complexity index is 516. The summed E-state index contributed by atoms with van der Waals surface area (Å²) in [5, 5.41) is 6.65. The molecule has 0 amide bonds. The Morgan fingerprint density at radius 1 is 1.53 bits per heavy atom. The van der Waals surface area contributed by atoms with Crippen molar-refractivity contribution < 1.29 is 8.42 Å².